The first kappa shape index (κ1) is 19.1. The molecule has 30 heavy (non-hydrogen) atoms. The van der Waals surface area contributed by atoms with E-state index in [1.54, 1.807) is 35.1 Å². The van der Waals surface area contributed by atoms with Gasteiger partial charge in [-0.1, -0.05) is 35.9 Å². The minimum absolute atomic E-state index is 0.0139. The molecular weight excluding hydrogens is 380 g/mol. The van der Waals surface area contributed by atoms with E-state index < -0.39 is 4.92 Å². The van der Waals surface area contributed by atoms with Gasteiger partial charge in [0.1, 0.15) is 0 Å². The monoisotopic (exact) mass is 398 g/mol. The molecule has 1 N–H and O–H groups in total. The molecule has 7 heteroatoms. The largest absolute Gasteiger partial charge is 0.321 e. The summed E-state index contributed by atoms with van der Waals surface area (Å²) < 4.78 is 1.64. The Balaban J connectivity index is 1.77. The van der Waals surface area contributed by atoms with Crippen molar-refractivity contribution in [2.24, 2.45) is 0 Å². The van der Waals surface area contributed by atoms with Crippen molar-refractivity contribution in [3.63, 3.8) is 0 Å². The number of benzene rings is 3. The normalized spacial score (nSPS) is 10.6. The third kappa shape index (κ3) is 3.95. The predicted octanol–water partition coefficient (Wildman–Crippen LogP) is 5.01. The molecule has 3 aromatic carbocycles. The topological polar surface area (TPSA) is 90.1 Å². The number of nitro benzene ring substituents is 1. The van der Waals surface area contributed by atoms with Crippen LogP contribution in [0.4, 0.5) is 11.4 Å². The van der Waals surface area contributed by atoms with Crippen LogP contribution in [0.2, 0.25) is 0 Å². The smallest absolute Gasteiger partial charge is 0.276 e. The lowest BCUT2D eigenvalue weighted by Crippen LogP contribution is -2.14. The number of carbonyl (C=O) groups excluding carboxylic acids is 1. The number of aryl methyl sites for hydroxylation is 1. The second-order valence-electron chi connectivity index (χ2n) is 6.80. The standard InChI is InChI=1S/C23H18N4O3/c1-16-7-11-19(12-8-16)26-15-21(17-9-13-20(14-10-17)27(29)30)22(25-26)23(28)24-18-5-3-2-4-6-18/h2-15H,1H3,(H,24,28). The lowest BCUT2D eigenvalue weighted by Gasteiger charge is -2.05. The number of amides is 1. The van der Waals surface area contributed by atoms with Crippen LogP contribution in [-0.4, -0.2) is 20.6 Å². The van der Waals surface area contributed by atoms with E-state index in [0.29, 0.717) is 16.8 Å². The molecule has 0 spiro atoms. The van der Waals surface area contributed by atoms with Crippen LogP contribution < -0.4 is 5.32 Å². The molecule has 1 aromatic heterocycles. The molecule has 0 aliphatic rings. The van der Waals surface area contributed by atoms with Crippen LogP contribution in [0, 0.1) is 17.0 Å². The number of para-hydroxylation sites is 1. The summed E-state index contributed by atoms with van der Waals surface area (Å²) in [5.41, 5.74) is 4.04. The molecule has 4 aromatic rings. The van der Waals surface area contributed by atoms with Gasteiger partial charge in [-0.3, -0.25) is 14.9 Å². The summed E-state index contributed by atoms with van der Waals surface area (Å²) in [7, 11) is 0. The van der Waals surface area contributed by atoms with E-state index in [4.69, 9.17) is 0 Å². The molecule has 0 aliphatic heterocycles. The third-order valence-corrected chi connectivity index (χ3v) is 4.65. The van der Waals surface area contributed by atoms with Crippen LogP contribution in [0.5, 0.6) is 0 Å². The molecule has 0 fully saturated rings. The summed E-state index contributed by atoms with van der Waals surface area (Å²) in [5.74, 6) is -0.361. The molecule has 0 bridgehead atoms. The SMILES string of the molecule is Cc1ccc(-n2cc(-c3ccc([N+](=O)[O-])cc3)c(C(=O)Nc3ccccc3)n2)cc1. The Hall–Kier alpha value is -4.26. The molecule has 0 saturated heterocycles. The zero-order valence-electron chi connectivity index (χ0n) is 16.1. The minimum atomic E-state index is -0.456. The van der Waals surface area contributed by atoms with Crippen molar-refractivity contribution in [3.05, 3.63) is 106 Å². The van der Waals surface area contributed by atoms with Gasteiger partial charge in [0, 0.05) is 29.6 Å². The summed E-state index contributed by atoms with van der Waals surface area (Å²) in [6, 6.07) is 22.9. The minimum Gasteiger partial charge on any atom is -0.321 e. The fourth-order valence-electron chi connectivity index (χ4n) is 3.06. The van der Waals surface area contributed by atoms with Crippen molar-refractivity contribution in [1.29, 1.82) is 0 Å². The number of anilines is 1. The van der Waals surface area contributed by atoms with Crippen molar-refractivity contribution >= 4 is 17.3 Å². The highest BCUT2D eigenvalue weighted by Gasteiger charge is 2.20. The van der Waals surface area contributed by atoms with Crippen LogP contribution >= 0.6 is 0 Å². The van der Waals surface area contributed by atoms with E-state index in [-0.39, 0.29) is 17.3 Å². The van der Waals surface area contributed by atoms with E-state index in [1.165, 1.54) is 12.1 Å². The number of carbonyl (C=O) groups is 1. The van der Waals surface area contributed by atoms with Crippen LogP contribution in [0.3, 0.4) is 0 Å². The van der Waals surface area contributed by atoms with Crippen LogP contribution in [0.15, 0.2) is 85.1 Å². The van der Waals surface area contributed by atoms with Crippen molar-refractivity contribution in [2.45, 2.75) is 6.92 Å². The maximum absolute atomic E-state index is 13.0. The van der Waals surface area contributed by atoms with Gasteiger partial charge in [-0.25, -0.2) is 4.68 Å². The Morgan fingerprint density at radius 1 is 0.967 bits per heavy atom. The van der Waals surface area contributed by atoms with Gasteiger partial charge < -0.3 is 5.32 Å². The molecule has 1 heterocycles. The lowest BCUT2D eigenvalue weighted by atomic mass is 10.1. The van der Waals surface area contributed by atoms with E-state index in [2.05, 4.69) is 10.4 Å². The molecule has 0 atom stereocenters. The molecular formula is C23H18N4O3. The molecule has 0 unspecified atom stereocenters. The summed E-state index contributed by atoms with van der Waals surface area (Å²) in [6.45, 7) is 1.99. The molecule has 0 saturated carbocycles. The van der Waals surface area contributed by atoms with Gasteiger partial charge in [0.15, 0.2) is 5.69 Å². The van der Waals surface area contributed by atoms with Gasteiger partial charge in [-0.05, 0) is 48.9 Å². The van der Waals surface area contributed by atoms with Crippen LogP contribution in [-0.2, 0) is 0 Å². The maximum atomic E-state index is 13.0. The van der Waals surface area contributed by atoms with E-state index in [0.717, 1.165) is 11.3 Å². The van der Waals surface area contributed by atoms with Gasteiger partial charge in [0.2, 0.25) is 0 Å². The maximum Gasteiger partial charge on any atom is 0.276 e. The van der Waals surface area contributed by atoms with E-state index in [9.17, 15) is 14.9 Å². The molecule has 4 rings (SSSR count). The second kappa shape index (κ2) is 8.00. The number of hydrogen-bond donors (Lipinski definition) is 1. The van der Waals surface area contributed by atoms with Gasteiger partial charge in [0.25, 0.3) is 11.6 Å². The zero-order valence-corrected chi connectivity index (χ0v) is 16.1. The average Bonchev–Trinajstić information content (AvgIpc) is 3.21. The van der Waals surface area contributed by atoms with Crippen LogP contribution in [0.1, 0.15) is 16.1 Å². The van der Waals surface area contributed by atoms with Gasteiger partial charge in [-0.2, -0.15) is 5.10 Å². The first-order valence-corrected chi connectivity index (χ1v) is 9.29. The summed E-state index contributed by atoms with van der Waals surface area (Å²) in [5, 5.41) is 18.3. The van der Waals surface area contributed by atoms with E-state index in [1.807, 2.05) is 49.4 Å². The predicted molar refractivity (Wildman–Crippen MR) is 115 cm³/mol. The highest BCUT2D eigenvalue weighted by atomic mass is 16.6. The Morgan fingerprint density at radius 3 is 2.27 bits per heavy atom. The fraction of sp³-hybridized carbons (Fsp3) is 0.0435. The average molecular weight is 398 g/mol. The quantitative estimate of drug-likeness (QED) is 0.378. The lowest BCUT2D eigenvalue weighted by molar-refractivity contribution is -0.384. The van der Waals surface area contributed by atoms with Gasteiger partial charge >= 0.3 is 0 Å². The number of hydrogen-bond acceptors (Lipinski definition) is 4. The zero-order chi connectivity index (χ0) is 21.1. The Labute approximate surface area is 172 Å². The van der Waals surface area contributed by atoms with Crippen LogP contribution in [0.25, 0.3) is 16.8 Å². The highest BCUT2D eigenvalue weighted by molar-refractivity contribution is 6.07. The summed E-state index contributed by atoms with van der Waals surface area (Å²) in [4.78, 5) is 23.5. The number of nitro groups is 1. The summed E-state index contributed by atoms with van der Waals surface area (Å²) >= 11 is 0. The Kier molecular flexibility index (Phi) is 5.09. The number of rotatable bonds is 5. The summed E-state index contributed by atoms with van der Waals surface area (Å²) in [6.07, 6.45) is 1.76. The van der Waals surface area contributed by atoms with Gasteiger partial charge in [-0.15, -0.1) is 0 Å². The number of aromatic nitrogens is 2. The highest BCUT2D eigenvalue weighted by Crippen LogP contribution is 2.27. The second-order valence-corrected chi connectivity index (χ2v) is 6.80. The fourth-order valence-corrected chi connectivity index (χ4v) is 3.06. The number of nitrogens with zero attached hydrogens (tertiary/aromatic N) is 3. The van der Waals surface area contributed by atoms with E-state index >= 15 is 0 Å². The Morgan fingerprint density at radius 2 is 1.63 bits per heavy atom. The third-order valence-electron chi connectivity index (χ3n) is 4.65. The first-order chi connectivity index (χ1) is 14.5. The van der Waals surface area contributed by atoms with Crippen molar-refractivity contribution in [2.75, 3.05) is 5.32 Å². The molecule has 7 nitrogen and oxygen atoms in total. The van der Waals surface area contributed by atoms with Gasteiger partial charge in [0.05, 0.1) is 10.6 Å². The molecule has 148 valence electrons. The molecule has 1 amide bonds. The van der Waals surface area contributed by atoms with Crippen molar-refractivity contribution in [3.8, 4) is 16.8 Å². The molecule has 0 radical (unpaired) electrons. The van der Waals surface area contributed by atoms with Crippen molar-refractivity contribution < 1.29 is 9.72 Å². The Bertz CT molecular complexity index is 1200. The first-order valence-electron chi connectivity index (χ1n) is 9.29. The molecule has 0 aliphatic carbocycles. The van der Waals surface area contributed by atoms with Crippen molar-refractivity contribution in [1.82, 2.24) is 9.78 Å². The number of nitrogens with one attached hydrogen (secondary N) is 1. The number of non-ortho nitro benzene ring substituents is 1.